The number of hydrogen-bond acceptors (Lipinski definition) is 2. The molecular weight excluding hydrogens is 313 g/mol. The summed E-state index contributed by atoms with van der Waals surface area (Å²) in [7, 11) is 0. The molecule has 0 unspecified atom stereocenters. The first-order valence-corrected chi connectivity index (χ1v) is 8.40. The van der Waals surface area contributed by atoms with E-state index in [4.69, 9.17) is 4.74 Å². The van der Waals surface area contributed by atoms with Crippen LogP contribution in [0, 0.1) is 19.7 Å². The molecule has 0 spiro atoms. The summed E-state index contributed by atoms with van der Waals surface area (Å²) in [6.07, 6.45) is 0. The van der Waals surface area contributed by atoms with Crippen molar-refractivity contribution >= 4 is 0 Å². The molecule has 3 heteroatoms. The summed E-state index contributed by atoms with van der Waals surface area (Å²) >= 11 is 0. The van der Waals surface area contributed by atoms with E-state index in [0.717, 1.165) is 18.8 Å². The first-order valence-electron chi connectivity index (χ1n) is 8.40. The number of nitrogens with one attached hydrogen (secondary N) is 1. The monoisotopic (exact) mass is 335 g/mol. The second-order valence-electron chi connectivity index (χ2n) is 6.17. The van der Waals surface area contributed by atoms with Crippen molar-refractivity contribution in [3.8, 4) is 11.5 Å². The van der Waals surface area contributed by atoms with Gasteiger partial charge in [0.2, 0.25) is 0 Å². The van der Waals surface area contributed by atoms with Crippen molar-refractivity contribution in [1.82, 2.24) is 5.32 Å². The normalized spacial score (nSPS) is 10.7. The van der Waals surface area contributed by atoms with Gasteiger partial charge in [-0.1, -0.05) is 30.3 Å². The van der Waals surface area contributed by atoms with Crippen molar-refractivity contribution in [1.29, 1.82) is 0 Å². The van der Waals surface area contributed by atoms with Crippen LogP contribution >= 0.6 is 0 Å². The molecule has 3 rings (SSSR count). The summed E-state index contributed by atoms with van der Waals surface area (Å²) in [5, 5.41) is 3.49. The first-order chi connectivity index (χ1) is 12.1. The summed E-state index contributed by atoms with van der Waals surface area (Å²) in [6.45, 7) is 5.94. The standard InChI is InChI=1S/C22H22FNO/c1-16-4-3-5-17(2)22(16)15-24-14-18-6-10-20(11-7-18)25-21-12-8-19(23)9-13-21/h3-13,24H,14-15H2,1-2H3. The molecule has 0 saturated heterocycles. The van der Waals surface area contributed by atoms with Crippen LogP contribution in [0.2, 0.25) is 0 Å². The number of halogens is 1. The maximum Gasteiger partial charge on any atom is 0.127 e. The lowest BCUT2D eigenvalue weighted by atomic mass is 10.0. The zero-order valence-corrected chi connectivity index (χ0v) is 14.6. The quantitative estimate of drug-likeness (QED) is 0.640. The molecule has 0 radical (unpaired) electrons. The molecule has 0 aliphatic rings. The summed E-state index contributed by atoms with van der Waals surface area (Å²) in [5.41, 5.74) is 5.18. The van der Waals surface area contributed by atoms with E-state index in [1.807, 2.05) is 24.3 Å². The molecular formula is C22H22FNO. The first kappa shape index (κ1) is 17.2. The van der Waals surface area contributed by atoms with Crippen molar-refractivity contribution < 1.29 is 9.13 Å². The lowest BCUT2D eigenvalue weighted by Gasteiger charge is -2.11. The molecule has 0 heterocycles. The lowest BCUT2D eigenvalue weighted by molar-refractivity contribution is 0.480. The maximum atomic E-state index is 12.9. The molecule has 0 amide bonds. The van der Waals surface area contributed by atoms with Gasteiger partial charge in [-0.2, -0.15) is 0 Å². The molecule has 3 aromatic carbocycles. The van der Waals surface area contributed by atoms with Crippen LogP contribution in [-0.2, 0) is 13.1 Å². The molecule has 2 nitrogen and oxygen atoms in total. The largest absolute Gasteiger partial charge is 0.457 e. The van der Waals surface area contributed by atoms with Crippen LogP contribution in [0.4, 0.5) is 4.39 Å². The summed E-state index contributed by atoms with van der Waals surface area (Å²) in [5.74, 6) is 1.10. The molecule has 0 aliphatic carbocycles. The van der Waals surface area contributed by atoms with Crippen molar-refractivity contribution in [2.24, 2.45) is 0 Å². The SMILES string of the molecule is Cc1cccc(C)c1CNCc1ccc(Oc2ccc(F)cc2)cc1. The zero-order chi connectivity index (χ0) is 17.6. The number of aryl methyl sites for hydroxylation is 2. The highest BCUT2D eigenvalue weighted by Gasteiger charge is 2.02. The van der Waals surface area contributed by atoms with Gasteiger partial charge >= 0.3 is 0 Å². The average Bonchev–Trinajstić information content (AvgIpc) is 2.61. The van der Waals surface area contributed by atoms with Crippen LogP contribution in [0.3, 0.4) is 0 Å². The van der Waals surface area contributed by atoms with Gasteiger partial charge < -0.3 is 10.1 Å². The van der Waals surface area contributed by atoms with E-state index in [0.29, 0.717) is 5.75 Å². The third-order valence-corrected chi connectivity index (χ3v) is 4.25. The van der Waals surface area contributed by atoms with E-state index >= 15 is 0 Å². The molecule has 3 aromatic rings. The zero-order valence-electron chi connectivity index (χ0n) is 14.6. The van der Waals surface area contributed by atoms with Gasteiger partial charge in [0, 0.05) is 13.1 Å². The predicted molar refractivity (Wildman–Crippen MR) is 99.4 cm³/mol. The summed E-state index contributed by atoms with van der Waals surface area (Å²) in [6, 6.07) is 20.3. The van der Waals surface area contributed by atoms with Gasteiger partial charge in [-0.05, 0) is 72.5 Å². The highest BCUT2D eigenvalue weighted by molar-refractivity contribution is 5.34. The van der Waals surface area contributed by atoms with Gasteiger partial charge in [0.15, 0.2) is 0 Å². The Morgan fingerprint density at radius 2 is 1.32 bits per heavy atom. The second-order valence-corrected chi connectivity index (χ2v) is 6.17. The van der Waals surface area contributed by atoms with Crippen LogP contribution in [0.15, 0.2) is 66.7 Å². The average molecular weight is 335 g/mol. The Kier molecular flexibility index (Phi) is 5.46. The number of rotatable bonds is 6. The van der Waals surface area contributed by atoms with Crippen LogP contribution in [0.25, 0.3) is 0 Å². The van der Waals surface area contributed by atoms with Gasteiger partial charge in [-0.15, -0.1) is 0 Å². The lowest BCUT2D eigenvalue weighted by Crippen LogP contribution is -2.14. The highest BCUT2D eigenvalue weighted by atomic mass is 19.1. The van der Waals surface area contributed by atoms with Crippen molar-refractivity contribution in [3.63, 3.8) is 0 Å². The summed E-state index contributed by atoms with van der Waals surface area (Å²) in [4.78, 5) is 0. The van der Waals surface area contributed by atoms with Gasteiger partial charge in [0.25, 0.3) is 0 Å². The fraction of sp³-hybridized carbons (Fsp3) is 0.182. The number of ether oxygens (including phenoxy) is 1. The molecule has 0 aliphatic heterocycles. The summed E-state index contributed by atoms with van der Waals surface area (Å²) < 4.78 is 18.6. The molecule has 0 bridgehead atoms. The molecule has 0 aromatic heterocycles. The number of benzene rings is 3. The molecule has 0 atom stereocenters. The van der Waals surface area contributed by atoms with Crippen LogP contribution in [-0.4, -0.2) is 0 Å². The Labute approximate surface area is 148 Å². The Hall–Kier alpha value is -2.65. The van der Waals surface area contributed by atoms with E-state index in [1.165, 1.54) is 34.4 Å². The third-order valence-electron chi connectivity index (χ3n) is 4.25. The second kappa shape index (κ2) is 7.95. The van der Waals surface area contributed by atoms with E-state index in [-0.39, 0.29) is 5.82 Å². The molecule has 128 valence electrons. The fourth-order valence-corrected chi connectivity index (χ4v) is 2.77. The van der Waals surface area contributed by atoms with E-state index in [2.05, 4.69) is 37.4 Å². The van der Waals surface area contributed by atoms with Gasteiger partial charge in [-0.3, -0.25) is 0 Å². The van der Waals surface area contributed by atoms with E-state index < -0.39 is 0 Å². The minimum Gasteiger partial charge on any atom is -0.457 e. The minimum atomic E-state index is -0.266. The van der Waals surface area contributed by atoms with Crippen molar-refractivity contribution in [2.75, 3.05) is 0 Å². The van der Waals surface area contributed by atoms with Crippen molar-refractivity contribution in [3.05, 3.63) is 94.8 Å². The fourth-order valence-electron chi connectivity index (χ4n) is 2.77. The van der Waals surface area contributed by atoms with Gasteiger partial charge in [0.05, 0.1) is 0 Å². The predicted octanol–water partition coefficient (Wildman–Crippen LogP) is 5.52. The Balaban J connectivity index is 1.55. The maximum absolute atomic E-state index is 12.9. The van der Waals surface area contributed by atoms with Crippen LogP contribution in [0.5, 0.6) is 11.5 Å². The van der Waals surface area contributed by atoms with Crippen LogP contribution in [0.1, 0.15) is 22.3 Å². The smallest absolute Gasteiger partial charge is 0.127 e. The molecule has 0 saturated carbocycles. The van der Waals surface area contributed by atoms with Gasteiger partial charge in [-0.25, -0.2) is 4.39 Å². The van der Waals surface area contributed by atoms with E-state index in [9.17, 15) is 4.39 Å². The molecule has 25 heavy (non-hydrogen) atoms. The number of hydrogen-bond donors (Lipinski definition) is 1. The third kappa shape index (κ3) is 4.68. The Morgan fingerprint density at radius 3 is 1.92 bits per heavy atom. The van der Waals surface area contributed by atoms with E-state index in [1.54, 1.807) is 12.1 Å². The Morgan fingerprint density at radius 1 is 0.760 bits per heavy atom. The van der Waals surface area contributed by atoms with Crippen LogP contribution < -0.4 is 10.1 Å². The topological polar surface area (TPSA) is 21.3 Å². The van der Waals surface area contributed by atoms with Gasteiger partial charge in [0.1, 0.15) is 17.3 Å². The van der Waals surface area contributed by atoms with Crippen molar-refractivity contribution in [2.45, 2.75) is 26.9 Å². The highest BCUT2D eigenvalue weighted by Crippen LogP contribution is 2.22. The Bertz CT molecular complexity index is 805. The molecule has 1 N–H and O–H groups in total. The molecule has 0 fully saturated rings. The minimum absolute atomic E-state index is 0.266.